The van der Waals surface area contributed by atoms with Gasteiger partial charge in [-0.2, -0.15) is 9.57 Å². The van der Waals surface area contributed by atoms with Crippen molar-refractivity contribution in [2.75, 3.05) is 7.05 Å². The Hall–Kier alpha value is -1.71. The Balaban J connectivity index is 2.30. The molecular formula is C14H16N2O3S. The van der Waals surface area contributed by atoms with Crippen molar-refractivity contribution in [2.24, 2.45) is 0 Å². The van der Waals surface area contributed by atoms with E-state index in [0.717, 1.165) is 0 Å². The smallest absolute Gasteiger partial charge is 0.244 e. The van der Waals surface area contributed by atoms with Gasteiger partial charge in [-0.3, -0.25) is 4.79 Å². The SMILES string of the molecule is CN(C1CCC(=O)CC1)S(=O)(=O)c1ccccc1C#N. The molecule has 0 heterocycles. The fraction of sp³-hybridized carbons (Fsp3) is 0.429. The highest BCUT2D eigenvalue weighted by atomic mass is 32.2. The quantitative estimate of drug-likeness (QED) is 0.849. The molecule has 1 aliphatic rings. The van der Waals surface area contributed by atoms with E-state index in [-0.39, 0.29) is 22.3 Å². The Morgan fingerprint density at radius 1 is 1.25 bits per heavy atom. The molecule has 6 heteroatoms. The Kier molecular flexibility index (Phi) is 4.21. The number of Topliss-reactive ketones (excluding diaryl/α,β-unsaturated/α-hetero) is 1. The average Bonchev–Trinajstić information content (AvgIpc) is 2.47. The second-order valence-electron chi connectivity index (χ2n) is 4.90. The van der Waals surface area contributed by atoms with Crippen LogP contribution in [-0.2, 0) is 14.8 Å². The molecule has 1 aromatic carbocycles. The van der Waals surface area contributed by atoms with Gasteiger partial charge < -0.3 is 0 Å². The molecule has 20 heavy (non-hydrogen) atoms. The molecule has 1 aliphatic carbocycles. The summed E-state index contributed by atoms with van der Waals surface area (Å²) in [5.41, 5.74) is 0.145. The molecule has 0 atom stereocenters. The summed E-state index contributed by atoms with van der Waals surface area (Å²) in [4.78, 5) is 11.3. The van der Waals surface area contributed by atoms with Crippen molar-refractivity contribution in [2.45, 2.75) is 36.6 Å². The van der Waals surface area contributed by atoms with Crippen molar-refractivity contribution in [3.05, 3.63) is 29.8 Å². The topological polar surface area (TPSA) is 78.2 Å². The molecule has 0 aliphatic heterocycles. The third-order valence-corrected chi connectivity index (χ3v) is 5.66. The molecule has 0 radical (unpaired) electrons. The molecule has 0 bridgehead atoms. The van der Waals surface area contributed by atoms with Gasteiger partial charge in [-0.15, -0.1) is 0 Å². The number of ketones is 1. The number of hydrogen-bond donors (Lipinski definition) is 0. The first-order valence-corrected chi connectivity index (χ1v) is 7.89. The van der Waals surface area contributed by atoms with E-state index in [9.17, 15) is 13.2 Å². The van der Waals surface area contributed by atoms with Crippen molar-refractivity contribution < 1.29 is 13.2 Å². The molecule has 0 N–H and O–H groups in total. The summed E-state index contributed by atoms with van der Waals surface area (Å²) in [5.74, 6) is 0.185. The number of carbonyl (C=O) groups is 1. The fourth-order valence-electron chi connectivity index (χ4n) is 2.42. The van der Waals surface area contributed by atoms with Gasteiger partial charge in [-0.25, -0.2) is 8.42 Å². The number of carbonyl (C=O) groups excluding carboxylic acids is 1. The Morgan fingerprint density at radius 2 is 1.85 bits per heavy atom. The van der Waals surface area contributed by atoms with Gasteiger partial charge in [-0.1, -0.05) is 12.1 Å². The predicted octanol–water partition coefficient (Wildman–Crippen LogP) is 1.69. The van der Waals surface area contributed by atoms with Crippen LogP contribution in [0.15, 0.2) is 29.2 Å². The summed E-state index contributed by atoms with van der Waals surface area (Å²) in [5, 5.41) is 9.03. The maximum absolute atomic E-state index is 12.6. The number of nitrogens with zero attached hydrogens (tertiary/aromatic N) is 2. The van der Waals surface area contributed by atoms with Crippen molar-refractivity contribution in [1.82, 2.24) is 4.31 Å². The zero-order valence-corrected chi connectivity index (χ0v) is 12.1. The number of nitriles is 1. The second-order valence-corrected chi connectivity index (χ2v) is 6.86. The van der Waals surface area contributed by atoms with Crippen LogP contribution in [0.3, 0.4) is 0 Å². The molecule has 1 fully saturated rings. The Morgan fingerprint density at radius 3 is 2.45 bits per heavy atom. The van der Waals surface area contributed by atoms with Crippen molar-refractivity contribution in [3.63, 3.8) is 0 Å². The highest BCUT2D eigenvalue weighted by Gasteiger charge is 2.32. The van der Waals surface area contributed by atoms with E-state index in [2.05, 4.69) is 0 Å². The zero-order valence-electron chi connectivity index (χ0n) is 11.2. The molecule has 2 rings (SSSR count). The van der Waals surface area contributed by atoms with Crippen LogP contribution in [0.5, 0.6) is 0 Å². The highest BCUT2D eigenvalue weighted by molar-refractivity contribution is 7.89. The maximum Gasteiger partial charge on any atom is 0.244 e. The Labute approximate surface area is 118 Å². The first kappa shape index (κ1) is 14.7. The molecule has 0 aromatic heterocycles. The lowest BCUT2D eigenvalue weighted by Crippen LogP contribution is -2.39. The van der Waals surface area contributed by atoms with Crippen molar-refractivity contribution in [1.29, 1.82) is 5.26 Å². The van der Waals surface area contributed by atoms with Crippen LogP contribution in [0.25, 0.3) is 0 Å². The number of hydrogen-bond acceptors (Lipinski definition) is 4. The van der Waals surface area contributed by atoms with Gasteiger partial charge in [0.15, 0.2) is 0 Å². The van der Waals surface area contributed by atoms with Crippen LogP contribution < -0.4 is 0 Å². The van der Waals surface area contributed by atoms with Gasteiger partial charge in [0.05, 0.1) is 10.5 Å². The molecule has 0 amide bonds. The summed E-state index contributed by atoms with van der Waals surface area (Å²) in [7, 11) is -2.18. The predicted molar refractivity (Wildman–Crippen MR) is 73.4 cm³/mol. The van der Waals surface area contributed by atoms with Gasteiger partial charge in [0.1, 0.15) is 11.9 Å². The normalized spacial score (nSPS) is 17.1. The van der Waals surface area contributed by atoms with Gasteiger partial charge in [0, 0.05) is 25.9 Å². The van der Waals surface area contributed by atoms with Gasteiger partial charge in [0.25, 0.3) is 0 Å². The van der Waals surface area contributed by atoms with E-state index < -0.39 is 10.0 Å². The summed E-state index contributed by atoms with van der Waals surface area (Å²) in [6, 6.07) is 7.90. The van der Waals surface area contributed by atoms with Crippen LogP contribution in [0.1, 0.15) is 31.2 Å². The zero-order chi connectivity index (χ0) is 14.8. The summed E-state index contributed by atoms with van der Waals surface area (Å²) in [6.07, 6.45) is 1.93. The minimum Gasteiger partial charge on any atom is -0.300 e. The van der Waals surface area contributed by atoms with Crippen LogP contribution in [0.2, 0.25) is 0 Å². The van der Waals surface area contributed by atoms with Gasteiger partial charge >= 0.3 is 0 Å². The van der Waals surface area contributed by atoms with E-state index in [1.54, 1.807) is 12.1 Å². The molecular weight excluding hydrogens is 276 g/mol. The maximum atomic E-state index is 12.6. The molecule has 0 spiro atoms. The lowest BCUT2D eigenvalue weighted by atomic mass is 9.95. The average molecular weight is 292 g/mol. The first-order chi connectivity index (χ1) is 9.46. The lowest BCUT2D eigenvalue weighted by Gasteiger charge is -2.30. The van der Waals surface area contributed by atoms with Crippen LogP contribution >= 0.6 is 0 Å². The van der Waals surface area contributed by atoms with Gasteiger partial charge in [-0.05, 0) is 25.0 Å². The Bertz CT molecular complexity index is 651. The van der Waals surface area contributed by atoms with E-state index in [1.807, 2.05) is 6.07 Å². The molecule has 1 aromatic rings. The van der Waals surface area contributed by atoms with Crippen molar-refractivity contribution >= 4 is 15.8 Å². The van der Waals surface area contributed by atoms with Gasteiger partial charge in [0.2, 0.25) is 10.0 Å². The largest absolute Gasteiger partial charge is 0.300 e. The molecule has 106 valence electrons. The van der Waals surface area contributed by atoms with E-state index in [4.69, 9.17) is 5.26 Å². The third kappa shape index (κ3) is 2.74. The lowest BCUT2D eigenvalue weighted by molar-refractivity contribution is -0.120. The molecule has 5 nitrogen and oxygen atoms in total. The highest BCUT2D eigenvalue weighted by Crippen LogP contribution is 2.26. The van der Waals surface area contributed by atoms with Crippen LogP contribution in [-0.4, -0.2) is 31.6 Å². The van der Waals surface area contributed by atoms with E-state index >= 15 is 0 Å². The molecule has 0 saturated heterocycles. The summed E-state index contributed by atoms with van der Waals surface area (Å²) < 4.78 is 26.5. The standard InChI is InChI=1S/C14H16N2O3S/c1-16(12-6-8-13(17)9-7-12)20(18,19)14-5-3-2-4-11(14)10-15/h2-5,12H,6-9H2,1H3. The summed E-state index contributed by atoms with van der Waals surface area (Å²) in [6.45, 7) is 0. The monoisotopic (exact) mass is 292 g/mol. The van der Waals surface area contributed by atoms with Crippen LogP contribution in [0.4, 0.5) is 0 Å². The number of benzene rings is 1. The first-order valence-electron chi connectivity index (χ1n) is 6.45. The number of sulfonamides is 1. The second kappa shape index (κ2) is 5.73. The number of rotatable bonds is 3. The minimum atomic E-state index is -3.70. The third-order valence-electron chi connectivity index (χ3n) is 3.69. The van der Waals surface area contributed by atoms with Crippen molar-refractivity contribution in [3.8, 4) is 6.07 Å². The van der Waals surface area contributed by atoms with Crippen LogP contribution in [0, 0.1) is 11.3 Å². The fourth-order valence-corrected chi connectivity index (χ4v) is 3.98. The van der Waals surface area contributed by atoms with E-state index in [0.29, 0.717) is 25.7 Å². The van der Waals surface area contributed by atoms with E-state index in [1.165, 1.54) is 23.5 Å². The molecule has 0 unspecified atom stereocenters. The minimum absolute atomic E-state index is 0.0295. The summed E-state index contributed by atoms with van der Waals surface area (Å²) >= 11 is 0. The molecule has 1 saturated carbocycles.